The summed E-state index contributed by atoms with van der Waals surface area (Å²) in [5.41, 5.74) is 0. The molecule has 13 heavy (non-hydrogen) atoms. The molecule has 0 radical (unpaired) electrons. The largest absolute Gasteiger partial charge is 0.573 e. The monoisotopic (exact) mass is 320 g/mol. The number of hydrogen-bond donors (Lipinski definition) is 1. The number of thiol groups is 1. The number of hydrogen-bond acceptors (Lipinski definition) is 2. The van der Waals surface area contributed by atoms with Gasteiger partial charge in [0.15, 0.2) is 0 Å². The van der Waals surface area contributed by atoms with Crippen LogP contribution in [-0.4, -0.2) is 6.36 Å². The summed E-state index contributed by atoms with van der Waals surface area (Å²) in [7, 11) is 0. The van der Waals surface area contributed by atoms with Crippen LogP contribution in [0.2, 0.25) is 0 Å². The minimum atomic E-state index is -4.65. The third-order valence-corrected chi connectivity index (χ3v) is 2.31. The first kappa shape index (κ1) is 11.0. The molecule has 0 saturated heterocycles. The van der Waals surface area contributed by atoms with Crippen molar-refractivity contribution in [2.24, 2.45) is 0 Å². The highest BCUT2D eigenvalue weighted by atomic mass is 127. The number of benzene rings is 1. The summed E-state index contributed by atoms with van der Waals surface area (Å²) in [6.07, 6.45) is -4.65. The van der Waals surface area contributed by atoms with E-state index in [-0.39, 0.29) is 5.75 Å². The van der Waals surface area contributed by atoms with Crippen LogP contribution in [0, 0.1) is 3.57 Å². The molecule has 0 aliphatic rings. The Kier molecular flexibility index (Phi) is 3.33. The lowest BCUT2D eigenvalue weighted by molar-refractivity contribution is -0.275. The summed E-state index contributed by atoms with van der Waals surface area (Å²) in [6, 6.07) is 4.32. The van der Waals surface area contributed by atoms with E-state index in [9.17, 15) is 13.2 Å². The van der Waals surface area contributed by atoms with Gasteiger partial charge in [0.1, 0.15) is 5.75 Å². The lowest BCUT2D eigenvalue weighted by Crippen LogP contribution is -2.17. The van der Waals surface area contributed by atoms with Gasteiger partial charge in [-0.25, -0.2) is 0 Å². The van der Waals surface area contributed by atoms with Crippen LogP contribution in [0.25, 0.3) is 0 Å². The maximum atomic E-state index is 11.8. The van der Waals surface area contributed by atoms with E-state index in [2.05, 4.69) is 17.4 Å². The van der Waals surface area contributed by atoms with Crippen molar-refractivity contribution in [3.05, 3.63) is 21.8 Å². The first-order valence-electron chi connectivity index (χ1n) is 3.13. The highest BCUT2D eigenvalue weighted by Crippen LogP contribution is 2.29. The summed E-state index contributed by atoms with van der Waals surface area (Å²) < 4.78 is 39.6. The molecule has 0 heterocycles. The minimum absolute atomic E-state index is 0.222. The van der Waals surface area contributed by atoms with Crippen molar-refractivity contribution >= 4 is 35.2 Å². The van der Waals surface area contributed by atoms with Gasteiger partial charge in [-0.05, 0) is 40.8 Å². The third-order valence-electron chi connectivity index (χ3n) is 1.14. The fourth-order valence-electron chi connectivity index (χ4n) is 0.695. The second-order valence-corrected chi connectivity index (χ2v) is 3.84. The summed E-state index contributed by atoms with van der Waals surface area (Å²) in [4.78, 5) is 0.430. The maximum Gasteiger partial charge on any atom is 0.573 e. The Morgan fingerprint density at radius 3 is 2.46 bits per heavy atom. The molecular formula is C7H4F3IOS. The quantitative estimate of drug-likeness (QED) is 0.616. The molecule has 0 aliphatic carbocycles. The fourth-order valence-corrected chi connectivity index (χ4v) is 1.33. The second kappa shape index (κ2) is 3.95. The molecule has 0 aromatic heterocycles. The normalized spacial score (nSPS) is 11.5. The number of halogens is 4. The van der Waals surface area contributed by atoms with E-state index in [1.807, 2.05) is 0 Å². The van der Waals surface area contributed by atoms with Crippen LogP contribution in [0.15, 0.2) is 23.1 Å². The molecule has 0 atom stereocenters. The minimum Gasteiger partial charge on any atom is -0.405 e. The van der Waals surface area contributed by atoms with Gasteiger partial charge in [0.05, 0.1) is 3.57 Å². The topological polar surface area (TPSA) is 9.23 Å². The van der Waals surface area contributed by atoms with Gasteiger partial charge >= 0.3 is 6.36 Å². The first-order chi connectivity index (χ1) is 5.88. The Balaban J connectivity index is 2.94. The Hall–Kier alpha value is -0.110. The van der Waals surface area contributed by atoms with Crippen molar-refractivity contribution in [3.8, 4) is 5.75 Å². The molecular weight excluding hydrogens is 316 g/mol. The molecule has 0 aliphatic heterocycles. The maximum absolute atomic E-state index is 11.8. The van der Waals surface area contributed by atoms with Gasteiger partial charge in [0.2, 0.25) is 0 Å². The van der Waals surface area contributed by atoms with Gasteiger partial charge < -0.3 is 4.74 Å². The van der Waals surface area contributed by atoms with Crippen molar-refractivity contribution in [2.75, 3.05) is 0 Å². The zero-order valence-electron chi connectivity index (χ0n) is 6.10. The Morgan fingerprint density at radius 1 is 1.31 bits per heavy atom. The summed E-state index contributed by atoms with van der Waals surface area (Å²) >= 11 is 5.66. The Bertz CT molecular complexity index is 313. The van der Waals surface area contributed by atoms with Crippen LogP contribution < -0.4 is 4.74 Å². The van der Waals surface area contributed by atoms with E-state index >= 15 is 0 Å². The van der Waals surface area contributed by atoms with Gasteiger partial charge in [0.25, 0.3) is 0 Å². The van der Waals surface area contributed by atoms with Gasteiger partial charge in [-0.3, -0.25) is 0 Å². The van der Waals surface area contributed by atoms with E-state index in [0.717, 1.165) is 0 Å². The van der Waals surface area contributed by atoms with Crippen LogP contribution in [0.3, 0.4) is 0 Å². The highest BCUT2D eigenvalue weighted by Gasteiger charge is 2.31. The predicted molar refractivity (Wildman–Crippen MR) is 53.1 cm³/mol. The molecule has 0 N–H and O–H groups in total. The van der Waals surface area contributed by atoms with Gasteiger partial charge in [-0.15, -0.1) is 25.8 Å². The smallest absolute Gasteiger partial charge is 0.405 e. The molecule has 72 valence electrons. The highest BCUT2D eigenvalue weighted by molar-refractivity contribution is 14.1. The van der Waals surface area contributed by atoms with Crippen molar-refractivity contribution in [1.82, 2.24) is 0 Å². The molecule has 1 rings (SSSR count). The zero-order chi connectivity index (χ0) is 10.1. The van der Waals surface area contributed by atoms with Crippen LogP contribution in [-0.2, 0) is 0 Å². The predicted octanol–water partition coefficient (Wildman–Crippen LogP) is 3.48. The molecule has 0 spiro atoms. The number of rotatable bonds is 1. The molecule has 0 unspecified atom stereocenters. The Labute approximate surface area is 91.8 Å². The van der Waals surface area contributed by atoms with Crippen LogP contribution >= 0.6 is 35.2 Å². The van der Waals surface area contributed by atoms with Gasteiger partial charge in [0, 0.05) is 4.90 Å². The molecule has 1 aromatic carbocycles. The summed E-state index contributed by atoms with van der Waals surface area (Å²) in [6.45, 7) is 0. The van der Waals surface area contributed by atoms with Crippen LogP contribution in [0.4, 0.5) is 13.2 Å². The molecule has 6 heteroatoms. The summed E-state index contributed by atoms with van der Waals surface area (Å²) in [5.74, 6) is -0.222. The van der Waals surface area contributed by atoms with E-state index in [1.165, 1.54) is 12.1 Å². The van der Waals surface area contributed by atoms with Crippen LogP contribution in [0.1, 0.15) is 0 Å². The lowest BCUT2D eigenvalue weighted by atomic mass is 10.3. The zero-order valence-corrected chi connectivity index (χ0v) is 9.15. The standard InChI is InChI=1S/C7H4F3IOS/c8-7(9,10)12-6-3-4(13)1-2-5(6)11/h1-3,13H. The molecule has 0 amide bonds. The van der Waals surface area contributed by atoms with E-state index in [0.29, 0.717) is 8.47 Å². The van der Waals surface area contributed by atoms with E-state index < -0.39 is 6.36 Å². The first-order valence-corrected chi connectivity index (χ1v) is 4.65. The van der Waals surface area contributed by atoms with E-state index in [1.54, 1.807) is 28.7 Å². The SMILES string of the molecule is FC(F)(F)Oc1cc(S)ccc1I. The van der Waals surface area contributed by atoms with Crippen molar-refractivity contribution in [1.29, 1.82) is 0 Å². The van der Waals surface area contributed by atoms with Gasteiger partial charge in [-0.1, -0.05) is 0 Å². The van der Waals surface area contributed by atoms with Crippen molar-refractivity contribution in [2.45, 2.75) is 11.3 Å². The third kappa shape index (κ3) is 3.63. The molecule has 0 saturated carbocycles. The average Bonchev–Trinajstić information content (AvgIpc) is 1.94. The van der Waals surface area contributed by atoms with Crippen LogP contribution in [0.5, 0.6) is 5.75 Å². The number of alkyl halides is 3. The molecule has 0 fully saturated rings. The summed E-state index contributed by atoms with van der Waals surface area (Å²) in [5, 5.41) is 0. The van der Waals surface area contributed by atoms with Gasteiger partial charge in [-0.2, -0.15) is 0 Å². The van der Waals surface area contributed by atoms with E-state index in [4.69, 9.17) is 0 Å². The van der Waals surface area contributed by atoms with Crippen molar-refractivity contribution in [3.63, 3.8) is 0 Å². The molecule has 0 bridgehead atoms. The lowest BCUT2D eigenvalue weighted by Gasteiger charge is -2.10. The average molecular weight is 320 g/mol. The fraction of sp³-hybridized carbons (Fsp3) is 0.143. The number of ether oxygens (including phenoxy) is 1. The molecule has 1 nitrogen and oxygen atoms in total. The second-order valence-electron chi connectivity index (χ2n) is 2.16. The molecule has 1 aromatic rings. The Morgan fingerprint density at radius 2 is 1.92 bits per heavy atom. The van der Waals surface area contributed by atoms with Crippen molar-refractivity contribution < 1.29 is 17.9 Å².